The van der Waals surface area contributed by atoms with Gasteiger partial charge in [0.15, 0.2) is 0 Å². The van der Waals surface area contributed by atoms with E-state index in [0.29, 0.717) is 23.5 Å². The molecule has 1 rings (SSSR count). The monoisotopic (exact) mass is 313 g/mol. The first-order valence-corrected chi connectivity index (χ1v) is 7.56. The summed E-state index contributed by atoms with van der Waals surface area (Å²) in [6.07, 6.45) is 0.317. The number of nitrogens with zero attached hydrogens (tertiary/aromatic N) is 4. The molecule has 0 aliphatic heterocycles. The third kappa shape index (κ3) is 4.38. The van der Waals surface area contributed by atoms with Gasteiger partial charge in [0, 0.05) is 24.4 Å². The van der Waals surface area contributed by atoms with Gasteiger partial charge in [-0.3, -0.25) is 4.79 Å². The zero-order chi connectivity index (χ0) is 16.2. The Balaban J connectivity index is 3.00. The molecule has 0 fully saturated rings. The molecule has 0 saturated carbocycles. The largest absolute Gasteiger partial charge is 0.409 e. The summed E-state index contributed by atoms with van der Waals surface area (Å²) in [4.78, 5) is 15.0. The fraction of sp³-hybridized carbons (Fsp3) is 0.692. The van der Waals surface area contributed by atoms with Crippen molar-refractivity contribution < 1.29 is 10.0 Å². The Labute approximate surface area is 129 Å². The van der Waals surface area contributed by atoms with Gasteiger partial charge in [0.25, 0.3) is 5.91 Å². The molecule has 0 aliphatic carbocycles. The Kier molecular flexibility index (Phi) is 5.65. The average molecular weight is 313 g/mol. The van der Waals surface area contributed by atoms with Gasteiger partial charge in [-0.25, -0.2) is 0 Å². The van der Waals surface area contributed by atoms with Crippen molar-refractivity contribution in [1.82, 2.24) is 14.5 Å². The molecule has 7 nitrogen and oxygen atoms in total. The van der Waals surface area contributed by atoms with Gasteiger partial charge < -0.3 is 15.8 Å². The van der Waals surface area contributed by atoms with Crippen molar-refractivity contribution >= 4 is 23.3 Å². The van der Waals surface area contributed by atoms with Crippen molar-refractivity contribution in [2.45, 2.75) is 52.5 Å². The van der Waals surface area contributed by atoms with Crippen LogP contribution in [0.25, 0.3) is 0 Å². The third-order valence-corrected chi connectivity index (χ3v) is 3.73. The Morgan fingerprint density at radius 2 is 2.10 bits per heavy atom. The first kappa shape index (κ1) is 17.4. The van der Waals surface area contributed by atoms with E-state index in [2.05, 4.69) is 14.7 Å². The number of oxime groups is 1. The summed E-state index contributed by atoms with van der Waals surface area (Å²) in [5.74, 6) is -0.0115. The number of carbonyl (C=O) groups excluding carboxylic acids is 1. The van der Waals surface area contributed by atoms with Crippen LogP contribution in [-0.2, 0) is 5.41 Å². The first-order chi connectivity index (χ1) is 9.68. The van der Waals surface area contributed by atoms with Crippen LogP contribution in [0.5, 0.6) is 0 Å². The van der Waals surface area contributed by atoms with E-state index in [1.165, 1.54) is 0 Å². The normalized spacial score (nSPS) is 12.8. The highest BCUT2D eigenvalue weighted by Gasteiger charge is 2.30. The molecule has 1 amide bonds. The Hall–Kier alpha value is -1.70. The van der Waals surface area contributed by atoms with E-state index in [0.717, 1.165) is 11.5 Å². The van der Waals surface area contributed by atoms with Gasteiger partial charge in [-0.2, -0.15) is 0 Å². The number of amides is 1. The topological polar surface area (TPSA) is 105 Å². The third-order valence-electron chi connectivity index (χ3n) is 3.01. The smallest absolute Gasteiger partial charge is 0.267 e. The predicted molar refractivity (Wildman–Crippen MR) is 82.8 cm³/mol. The Bertz CT molecular complexity index is 519. The van der Waals surface area contributed by atoms with Crippen LogP contribution < -0.4 is 5.73 Å². The van der Waals surface area contributed by atoms with Crippen LogP contribution in [0.1, 0.15) is 56.4 Å². The van der Waals surface area contributed by atoms with E-state index >= 15 is 0 Å². The Morgan fingerprint density at radius 3 is 2.57 bits per heavy atom. The van der Waals surface area contributed by atoms with Crippen molar-refractivity contribution in [1.29, 1.82) is 0 Å². The summed E-state index contributed by atoms with van der Waals surface area (Å²) in [6, 6.07) is -0.00101. The maximum atomic E-state index is 12.7. The van der Waals surface area contributed by atoms with E-state index in [1.807, 2.05) is 34.6 Å². The quantitative estimate of drug-likeness (QED) is 0.373. The van der Waals surface area contributed by atoms with Crippen molar-refractivity contribution in [3.05, 3.63) is 10.6 Å². The van der Waals surface area contributed by atoms with Crippen LogP contribution >= 0.6 is 11.5 Å². The summed E-state index contributed by atoms with van der Waals surface area (Å²) in [7, 11) is 0. The predicted octanol–water partition coefficient (Wildman–Crippen LogP) is 1.82. The Morgan fingerprint density at radius 1 is 1.48 bits per heavy atom. The lowest BCUT2D eigenvalue weighted by Crippen LogP contribution is -2.39. The van der Waals surface area contributed by atoms with Gasteiger partial charge in [-0.1, -0.05) is 30.4 Å². The van der Waals surface area contributed by atoms with Gasteiger partial charge in [0.1, 0.15) is 10.7 Å². The summed E-state index contributed by atoms with van der Waals surface area (Å²) < 4.78 is 3.92. The molecule has 8 heteroatoms. The van der Waals surface area contributed by atoms with Gasteiger partial charge >= 0.3 is 0 Å². The fourth-order valence-electron chi connectivity index (χ4n) is 1.83. The van der Waals surface area contributed by atoms with E-state index in [1.54, 1.807) is 4.90 Å². The maximum Gasteiger partial charge on any atom is 0.267 e. The van der Waals surface area contributed by atoms with Crippen molar-refractivity contribution in [3.63, 3.8) is 0 Å². The van der Waals surface area contributed by atoms with Crippen LogP contribution in [-0.4, -0.2) is 44.0 Å². The highest BCUT2D eigenvalue weighted by Crippen LogP contribution is 2.27. The SMILES string of the molecule is CC(C)N(CCC(N)=NO)C(=O)c1snnc1C(C)(C)C. The zero-order valence-electron chi connectivity index (χ0n) is 13.1. The van der Waals surface area contributed by atoms with E-state index < -0.39 is 0 Å². The highest BCUT2D eigenvalue weighted by atomic mass is 32.1. The molecule has 118 valence electrons. The fourth-order valence-corrected chi connectivity index (χ4v) is 2.66. The standard InChI is InChI=1S/C13H23N5O2S/c1-8(2)18(7-6-9(14)16-20)12(19)10-11(13(3,4)5)15-17-21-10/h8,20H,6-7H2,1-5H3,(H2,14,16). The first-order valence-electron chi connectivity index (χ1n) is 6.78. The number of hydrogen-bond donors (Lipinski definition) is 2. The number of amidine groups is 1. The second kappa shape index (κ2) is 6.84. The molecular formula is C13H23N5O2S. The van der Waals surface area contributed by atoms with E-state index in [4.69, 9.17) is 10.9 Å². The summed E-state index contributed by atoms with van der Waals surface area (Å²) in [6.45, 7) is 10.2. The average Bonchev–Trinajstić information content (AvgIpc) is 2.87. The molecule has 0 atom stereocenters. The molecule has 1 aromatic heterocycles. The van der Waals surface area contributed by atoms with E-state index in [9.17, 15) is 4.79 Å². The molecular weight excluding hydrogens is 290 g/mol. The van der Waals surface area contributed by atoms with Gasteiger partial charge in [-0.15, -0.1) is 5.10 Å². The summed E-state index contributed by atoms with van der Waals surface area (Å²) >= 11 is 1.11. The molecule has 0 bridgehead atoms. The maximum absolute atomic E-state index is 12.7. The lowest BCUT2D eigenvalue weighted by Gasteiger charge is -2.27. The number of rotatable bonds is 5. The summed E-state index contributed by atoms with van der Waals surface area (Å²) in [5, 5.41) is 15.6. The minimum atomic E-state index is -0.244. The summed E-state index contributed by atoms with van der Waals surface area (Å²) in [5.41, 5.74) is 5.94. The van der Waals surface area contributed by atoms with E-state index in [-0.39, 0.29) is 23.2 Å². The van der Waals surface area contributed by atoms with Gasteiger partial charge in [0.05, 0.1) is 5.69 Å². The van der Waals surface area contributed by atoms with Crippen LogP contribution in [0, 0.1) is 0 Å². The molecule has 0 radical (unpaired) electrons. The van der Waals surface area contributed by atoms with Gasteiger partial charge in [-0.05, 0) is 25.4 Å². The minimum absolute atomic E-state index is 0.00101. The molecule has 0 saturated heterocycles. The number of nitrogens with two attached hydrogens (primary N) is 1. The molecule has 0 aliphatic rings. The number of carbonyl (C=O) groups is 1. The van der Waals surface area contributed by atoms with Crippen LogP contribution in [0.3, 0.4) is 0 Å². The molecule has 0 spiro atoms. The minimum Gasteiger partial charge on any atom is -0.409 e. The lowest BCUT2D eigenvalue weighted by molar-refractivity contribution is 0.0713. The molecule has 0 unspecified atom stereocenters. The van der Waals surface area contributed by atoms with Crippen LogP contribution in [0.15, 0.2) is 5.16 Å². The van der Waals surface area contributed by atoms with Crippen LogP contribution in [0.4, 0.5) is 0 Å². The zero-order valence-corrected chi connectivity index (χ0v) is 13.9. The second-order valence-corrected chi connectivity index (χ2v) is 6.89. The number of aromatic nitrogens is 2. The van der Waals surface area contributed by atoms with Crippen molar-refractivity contribution in [2.24, 2.45) is 10.9 Å². The molecule has 1 aromatic rings. The highest BCUT2D eigenvalue weighted by molar-refractivity contribution is 7.08. The lowest BCUT2D eigenvalue weighted by atomic mass is 9.91. The van der Waals surface area contributed by atoms with Crippen LogP contribution in [0.2, 0.25) is 0 Å². The molecule has 3 N–H and O–H groups in total. The molecule has 1 heterocycles. The molecule has 0 aromatic carbocycles. The molecule has 21 heavy (non-hydrogen) atoms. The van der Waals surface area contributed by atoms with Crippen molar-refractivity contribution in [2.75, 3.05) is 6.54 Å². The van der Waals surface area contributed by atoms with Gasteiger partial charge in [0.2, 0.25) is 0 Å². The second-order valence-electron chi connectivity index (χ2n) is 6.13. The number of hydrogen-bond acceptors (Lipinski definition) is 6. The van der Waals surface area contributed by atoms with Crippen molar-refractivity contribution in [3.8, 4) is 0 Å².